The molecular formula is C21H21IO4. The molecular weight excluding hydrogens is 443 g/mol. The number of hydrogen-bond donors (Lipinski definition) is 0. The first-order valence-corrected chi connectivity index (χ1v) is 9.60. The van der Waals surface area contributed by atoms with Gasteiger partial charge in [0.2, 0.25) is 0 Å². The summed E-state index contributed by atoms with van der Waals surface area (Å²) in [5.74, 6) is 1.37. The van der Waals surface area contributed by atoms with Gasteiger partial charge < -0.3 is 13.9 Å². The van der Waals surface area contributed by atoms with Gasteiger partial charge in [-0.2, -0.15) is 0 Å². The molecule has 26 heavy (non-hydrogen) atoms. The van der Waals surface area contributed by atoms with E-state index in [9.17, 15) is 4.79 Å². The quantitative estimate of drug-likeness (QED) is 0.365. The monoisotopic (exact) mass is 464 g/mol. The third-order valence-corrected chi connectivity index (χ3v) is 4.81. The zero-order valence-electron chi connectivity index (χ0n) is 15.1. The number of ether oxygens (including phenoxy) is 2. The highest BCUT2D eigenvalue weighted by molar-refractivity contribution is 14.1. The number of rotatable bonds is 6. The second kappa shape index (κ2) is 8.12. The molecule has 1 heterocycles. The molecule has 0 saturated carbocycles. The Labute approximate surface area is 166 Å². The van der Waals surface area contributed by atoms with Crippen molar-refractivity contribution in [1.82, 2.24) is 0 Å². The van der Waals surface area contributed by atoms with Crippen LogP contribution >= 0.6 is 22.6 Å². The SMILES string of the molecule is CCOC(=O)Cc1ccc(C)cc1OCc1cc(I)c2oc(C)cc2c1. The summed E-state index contributed by atoms with van der Waals surface area (Å²) in [6, 6.07) is 12.0. The Kier molecular flexibility index (Phi) is 5.86. The van der Waals surface area contributed by atoms with Crippen LogP contribution in [0.15, 0.2) is 40.8 Å². The van der Waals surface area contributed by atoms with Gasteiger partial charge in [0.1, 0.15) is 23.7 Å². The number of halogens is 1. The molecule has 3 rings (SSSR count). The minimum absolute atomic E-state index is 0.209. The second-order valence-corrected chi connectivity index (χ2v) is 7.40. The number of carbonyl (C=O) groups excluding carboxylic acids is 1. The molecule has 2 aromatic carbocycles. The van der Waals surface area contributed by atoms with Crippen molar-refractivity contribution < 1.29 is 18.7 Å². The first-order chi connectivity index (χ1) is 12.5. The van der Waals surface area contributed by atoms with E-state index in [-0.39, 0.29) is 12.4 Å². The largest absolute Gasteiger partial charge is 0.489 e. The third kappa shape index (κ3) is 4.38. The van der Waals surface area contributed by atoms with E-state index in [1.165, 1.54) is 0 Å². The normalized spacial score (nSPS) is 10.9. The third-order valence-electron chi connectivity index (χ3n) is 4.01. The standard InChI is InChI=1S/C21H21IO4/c1-4-24-20(23)11-16-6-5-13(2)7-19(16)25-12-15-9-17-8-14(3)26-21(17)18(22)10-15/h5-10H,4,11-12H2,1-3H3. The molecule has 0 saturated heterocycles. The summed E-state index contributed by atoms with van der Waals surface area (Å²) < 4.78 is 17.9. The molecule has 1 aromatic heterocycles. The van der Waals surface area contributed by atoms with Crippen LogP contribution in [-0.2, 0) is 22.6 Å². The molecule has 0 aliphatic rings. The van der Waals surface area contributed by atoms with Crippen molar-refractivity contribution in [2.24, 2.45) is 0 Å². The maximum absolute atomic E-state index is 11.8. The van der Waals surface area contributed by atoms with E-state index in [1.54, 1.807) is 6.92 Å². The van der Waals surface area contributed by atoms with E-state index in [0.29, 0.717) is 13.2 Å². The van der Waals surface area contributed by atoms with Crippen molar-refractivity contribution in [3.63, 3.8) is 0 Å². The summed E-state index contributed by atoms with van der Waals surface area (Å²) in [5, 5.41) is 1.07. The number of benzene rings is 2. The number of hydrogen-bond acceptors (Lipinski definition) is 4. The van der Waals surface area contributed by atoms with Gasteiger partial charge in [-0.15, -0.1) is 0 Å². The minimum Gasteiger partial charge on any atom is -0.489 e. The average Bonchev–Trinajstić information content (AvgIpc) is 2.96. The van der Waals surface area contributed by atoms with Gasteiger partial charge >= 0.3 is 5.97 Å². The molecule has 4 nitrogen and oxygen atoms in total. The van der Waals surface area contributed by atoms with Gasteiger partial charge in [0.05, 0.1) is 16.6 Å². The summed E-state index contributed by atoms with van der Waals surface area (Å²) in [6.07, 6.45) is 0.209. The number of carbonyl (C=O) groups is 1. The number of esters is 1. The summed E-state index contributed by atoms with van der Waals surface area (Å²) in [4.78, 5) is 11.8. The molecule has 0 amide bonds. The van der Waals surface area contributed by atoms with E-state index < -0.39 is 0 Å². The molecule has 0 radical (unpaired) electrons. The second-order valence-electron chi connectivity index (χ2n) is 6.23. The van der Waals surface area contributed by atoms with Gasteiger partial charge in [-0.1, -0.05) is 12.1 Å². The van der Waals surface area contributed by atoms with Crippen molar-refractivity contribution in [2.75, 3.05) is 6.61 Å². The van der Waals surface area contributed by atoms with Crippen molar-refractivity contribution in [3.8, 4) is 5.75 Å². The lowest BCUT2D eigenvalue weighted by Crippen LogP contribution is -2.09. The predicted octanol–water partition coefficient (Wildman–Crippen LogP) is 5.34. The molecule has 0 aliphatic carbocycles. The van der Waals surface area contributed by atoms with Crippen molar-refractivity contribution in [2.45, 2.75) is 33.8 Å². The van der Waals surface area contributed by atoms with Crippen molar-refractivity contribution >= 4 is 39.5 Å². The highest BCUT2D eigenvalue weighted by Gasteiger charge is 2.12. The number of aryl methyl sites for hydroxylation is 2. The number of fused-ring (bicyclic) bond motifs is 1. The fourth-order valence-corrected chi connectivity index (χ4v) is 3.67. The predicted molar refractivity (Wildman–Crippen MR) is 110 cm³/mol. The van der Waals surface area contributed by atoms with Crippen LogP contribution in [0.25, 0.3) is 11.0 Å². The van der Waals surface area contributed by atoms with Gasteiger partial charge in [0, 0.05) is 10.9 Å². The van der Waals surface area contributed by atoms with Crippen LogP contribution in [0.1, 0.15) is 29.4 Å². The van der Waals surface area contributed by atoms with E-state index in [2.05, 4.69) is 34.7 Å². The van der Waals surface area contributed by atoms with Crippen LogP contribution in [0.2, 0.25) is 0 Å². The summed E-state index contributed by atoms with van der Waals surface area (Å²) in [5.41, 5.74) is 3.89. The Morgan fingerprint density at radius 3 is 2.73 bits per heavy atom. The molecule has 0 bridgehead atoms. The lowest BCUT2D eigenvalue weighted by atomic mass is 10.1. The van der Waals surface area contributed by atoms with Crippen LogP contribution in [0.5, 0.6) is 5.75 Å². The Balaban J connectivity index is 1.80. The van der Waals surface area contributed by atoms with E-state index >= 15 is 0 Å². The molecule has 0 unspecified atom stereocenters. The molecule has 3 aromatic rings. The van der Waals surface area contributed by atoms with E-state index in [4.69, 9.17) is 13.9 Å². The maximum atomic E-state index is 11.8. The minimum atomic E-state index is -0.244. The fraction of sp³-hybridized carbons (Fsp3) is 0.286. The molecule has 0 aliphatic heterocycles. The Hall–Kier alpha value is -2.02. The summed E-state index contributed by atoms with van der Waals surface area (Å²) in [6.45, 7) is 6.56. The lowest BCUT2D eigenvalue weighted by molar-refractivity contribution is -0.142. The smallest absolute Gasteiger partial charge is 0.310 e. The summed E-state index contributed by atoms with van der Waals surface area (Å²) >= 11 is 2.28. The molecule has 0 N–H and O–H groups in total. The van der Waals surface area contributed by atoms with Gasteiger partial charge in [0.15, 0.2) is 0 Å². The Morgan fingerprint density at radius 1 is 1.15 bits per heavy atom. The molecule has 0 spiro atoms. The van der Waals surface area contributed by atoms with Crippen LogP contribution in [-0.4, -0.2) is 12.6 Å². The van der Waals surface area contributed by atoms with Crippen LogP contribution in [0.4, 0.5) is 0 Å². The molecule has 0 fully saturated rings. The van der Waals surface area contributed by atoms with Crippen LogP contribution in [0.3, 0.4) is 0 Å². The number of furan rings is 1. The summed E-state index contributed by atoms with van der Waals surface area (Å²) in [7, 11) is 0. The zero-order chi connectivity index (χ0) is 18.7. The lowest BCUT2D eigenvalue weighted by Gasteiger charge is -2.13. The van der Waals surface area contributed by atoms with Gasteiger partial charge in [-0.25, -0.2) is 0 Å². The topological polar surface area (TPSA) is 48.7 Å². The van der Waals surface area contributed by atoms with E-state index in [0.717, 1.165) is 42.7 Å². The molecule has 5 heteroatoms. The average molecular weight is 464 g/mol. The Bertz CT molecular complexity index is 943. The van der Waals surface area contributed by atoms with Gasteiger partial charge in [-0.3, -0.25) is 4.79 Å². The van der Waals surface area contributed by atoms with Crippen LogP contribution < -0.4 is 4.74 Å². The molecule has 0 atom stereocenters. The highest BCUT2D eigenvalue weighted by Crippen LogP contribution is 2.28. The first kappa shape index (κ1) is 18.8. The van der Waals surface area contributed by atoms with Crippen molar-refractivity contribution in [1.29, 1.82) is 0 Å². The van der Waals surface area contributed by atoms with Crippen LogP contribution in [0, 0.1) is 17.4 Å². The Morgan fingerprint density at radius 2 is 1.96 bits per heavy atom. The fourth-order valence-electron chi connectivity index (χ4n) is 2.85. The first-order valence-electron chi connectivity index (χ1n) is 8.52. The zero-order valence-corrected chi connectivity index (χ0v) is 17.3. The maximum Gasteiger partial charge on any atom is 0.310 e. The van der Waals surface area contributed by atoms with E-state index in [1.807, 2.05) is 38.1 Å². The highest BCUT2D eigenvalue weighted by atomic mass is 127. The van der Waals surface area contributed by atoms with Gasteiger partial charge in [-0.05, 0) is 78.8 Å². The van der Waals surface area contributed by atoms with Crippen molar-refractivity contribution in [3.05, 3.63) is 62.4 Å². The van der Waals surface area contributed by atoms with Gasteiger partial charge in [0.25, 0.3) is 0 Å². The molecule has 136 valence electrons.